The van der Waals surface area contributed by atoms with E-state index in [2.05, 4.69) is 22.4 Å². The monoisotopic (exact) mass is 271 g/mol. The van der Waals surface area contributed by atoms with Crippen molar-refractivity contribution in [1.29, 1.82) is 0 Å². The van der Waals surface area contributed by atoms with Crippen molar-refractivity contribution >= 4 is 11.5 Å². The van der Waals surface area contributed by atoms with Gasteiger partial charge in [-0.3, -0.25) is 14.3 Å². The summed E-state index contributed by atoms with van der Waals surface area (Å²) in [6.45, 7) is 2.14. The number of H-pyrrole nitrogens is 1. The number of hydrogen-bond acceptors (Lipinski definition) is 3. The molecule has 1 heterocycles. The predicted octanol–water partition coefficient (Wildman–Crippen LogP) is 1.79. The number of fused-ring (bicyclic) bond motifs is 1. The van der Waals surface area contributed by atoms with Gasteiger partial charge in [-0.05, 0) is 49.4 Å². The Morgan fingerprint density at radius 3 is 2.75 bits per heavy atom. The Bertz CT molecular complexity index is 727. The zero-order valence-electron chi connectivity index (χ0n) is 11.4. The van der Waals surface area contributed by atoms with Gasteiger partial charge < -0.3 is 5.32 Å². The lowest BCUT2D eigenvalue weighted by Crippen LogP contribution is -2.34. The van der Waals surface area contributed by atoms with Crippen molar-refractivity contribution in [3.8, 4) is 0 Å². The van der Waals surface area contributed by atoms with Crippen LogP contribution in [0.25, 0.3) is 0 Å². The summed E-state index contributed by atoms with van der Waals surface area (Å²) in [5.41, 5.74) is 2.96. The first-order valence-electron chi connectivity index (χ1n) is 6.90. The van der Waals surface area contributed by atoms with Crippen LogP contribution in [0.5, 0.6) is 0 Å². The van der Waals surface area contributed by atoms with Crippen LogP contribution in [-0.4, -0.2) is 9.55 Å². The van der Waals surface area contributed by atoms with Gasteiger partial charge in [0, 0.05) is 18.3 Å². The molecule has 0 bridgehead atoms. The number of rotatable bonds is 3. The molecule has 2 N–H and O–H groups in total. The normalized spacial score (nSPS) is 13.2. The van der Waals surface area contributed by atoms with Crippen molar-refractivity contribution < 1.29 is 0 Å². The molecular weight excluding hydrogens is 254 g/mol. The van der Waals surface area contributed by atoms with Gasteiger partial charge in [-0.1, -0.05) is 6.07 Å². The van der Waals surface area contributed by atoms with Crippen molar-refractivity contribution in [2.45, 2.75) is 32.7 Å². The van der Waals surface area contributed by atoms with Crippen LogP contribution in [0.15, 0.2) is 33.9 Å². The van der Waals surface area contributed by atoms with Crippen LogP contribution in [-0.2, 0) is 19.4 Å². The molecule has 1 aromatic carbocycles. The molecule has 2 aromatic rings. The second-order valence-corrected chi connectivity index (χ2v) is 5.03. The molecule has 5 nitrogen and oxygen atoms in total. The fourth-order valence-corrected chi connectivity index (χ4v) is 2.69. The third-order valence-electron chi connectivity index (χ3n) is 3.71. The Kier molecular flexibility index (Phi) is 3.18. The van der Waals surface area contributed by atoms with Gasteiger partial charge in [0.15, 0.2) is 0 Å². The van der Waals surface area contributed by atoms with Crippen molar-refractivity contribution in [1.82, 2.24) is 9.55 Å². The van der Waals surface area contributed by atoms with Gasteiger partial charge in [-0.15, -0.1) is 0 Å². The molecule has 5 heteroatoms. The van der Waals surface area contributed by atoms with Crippen molar-refractivity contribution in [3.05, 3.63) is 56.2 Å². The number of nitrogens with one attached hydrogen (secondary N) is 2. The fraction of sp³-hybridized carbons (Fsp3) is 0.333. The summed E-state index contributed by atoms with van der Waals surface area (Å²) in [6.07, 6.45) is 3.43. The van der Waals surface area contributed by atoms with E-state index in [4.69, 9.17) is 0 Å². The van der Waals surface area contributed by atoms with Gasteiger partial charge in [-0.2, -0.15) is 0 Å². The summed E-state index contributed by atoms with van der Waals surface area (Å²) in [4.78, 5) is 26.2. The molecule has 0 amide bonds. The topological polar surface area (TPSA) is 66.9 Å². The number of aryl methyl sites for hydroxylation is 2. The minimum absolute atomic E-state index is 0.292. The second kappa shape index (κ2) is 5.00. The van der Waals surface area contributed by atoms with E-state index in [-0.39, 0.29) is 11.2 Å². The summed E-state index contributed by atoms with van der Waals surface area (Å²) in [6, 6.07) is 7.59. The third kappa shape index (κ3) is 2.27. The van der Waals surface area contributed by atoms with Gasteiger partial charge in [0.25, 0.3) is 5.56 Å². The maximum absolute atomic E-state index is 11.8. The maximum atomic E-state index is 11.8. The Morgan fingerprint density at radius 2 is 2.00 bits per heavy atom. The third-order valence-corrected chi connectivity index (χ3v) is 3.71. The SMILES string of the molecule is CCn1c(=O)cc(Nc2ccc3c(c2)CCC3)[nH]c1=O. The molecule has 0 radical (unpaired) electrons. The van der Waals surface area contributed by atoms with Gasteiger partial charge in [0.1, 0.15) is 5.82 Å². The number of aromatic amines is 1. The van der Waals surface area contributed by atoms with E-state index in [9.17, 15) is 9.59 Å². The lowest BCUT2D eigenvalue weighted by Gasteiger charge is -2.09. The van der Waals surface area contributed by atoms with Crippen molar-refractivity contribution in [3.63, 3.8) is 0 Å². The van der Waals surface area contributed by atoms with Crippen LogP contribution in [0, 0.1) is 0 Å². The quantitative estimate of drug-likeness (QED) is 0.894. The Hall–Kier alpha value is -2.30. The van der Waals surface area contributed by atoms with E-state index < -0.39 is 0 Å². The van der Waals surface area contributed by atoms with Crippen LogP contribution in [0.2, 0.25) is 0 Å². The smallest absolute Gasteiger partial charge is 0.329 e. The maximum Gasteiger partial charge on any atom is 0.329 e. The number of anilines is 2. The first-order chi connectivity index (χ1) is 9.67. The molecule has 0 spiro atoms. The molecule has 0 saturated carbocycles. The molecule has 1 aliphatic rings. The van der Waals surface area contributed by atoms with Crippen LogP contribution in [0.3, 0.4) is 0 Å². The van der Waals surface area contributed by atoms with E-state index in [0.29, 0.717) is 12.4 Å². The fourth-order valence-electron chi connectivity index (χ4n) is 2.69. The van der Waals surface area contributed by atoms with Crippen molar-refractivity contribution in [2.24, 2.45) is 0 Å². The zero-order valence-corrected chi connectivity index (χ0v) is 11.4. The van der Waals surface area contributed by atoms with Gasteiger partial charge in [0.2, 0.25) is 0 Å². The van der Waals surface area contributed by atoms with Crippen LogP contribution < -0.4 is 16.6 Å². The predicted molar refractivity (Wildman–Crippen MR) is 78.7 cm³/mol. The molecule has 0 aliphatic heterocycles. The van der Waals surface area contributed by atoms with Gasteiger partial charge in [0.05, 0.1) is 0 Å². The minimum Gasteiger partial charge on any atom is -0.342 e. The van der Waals surface area contributed by atoms with E-state index >= 15 is 0 Å². The standard InChI is InChI=1S/C15H17N3O2/c1-2-18-14(19)9-13(17-15(18)20)16-12-7-6-10-4-3-5-11(10)8-12/h6-9,16H,2-5H2,1H3,(H,17,20). The average Bonchev–Trinajstić information content (AvgIpc) is 2.85. The highest BCUT2D eigenvalue weighted by atomic mass is 16.2. The van der Waals surface area contributed by atoms with Crippen molar-refractivity contribution in [2.75, 3.05) is 5.32 Å². The summed E-state index contributed by atoms with van der Waals surface area (Å²) in [7, 11) is 0. The molecule has 1 aromatic heterocycles. The summed E-state index contributed by atoms with van der Waals surface area (Å²) in [5.74, 6) is 0.433. The first-order valence-corrected chi connectivity index (χ1v) is 6.90. The molecule has 0 fully saturated rings. The summed E-state index contributed by atoms with van der Waals surface area (Å²) >= 11 is 0. The van der Waals surface area contributed by atoms with Crippen LogP contribution in [0.4, 0.5) is 11.5 Å². The number of nitrogens with zero attached hydrogens (tertiary/aromatic N) is 1. The van der Waals surface area contributed by atoms with E-state index in [0.717, 1.165) is 23.1 Å². The first kappa shape index (κ1) is 12.7. The number of aromatic nitrogens is 2. The summed E-state index contributed by atoms with van der Waals surface area (Å²) in [5, 5.41) is 3.10. The lowest BCUT2D eigenvalue weighted by atomic mass is 10.1. The summed E-state index contributed by atoms with van der Waals surface area (Å²) < 4.78 is 1.16. The Labute approximate surface area is 116 Å². The molecule has 3 rings (SSSR count). The molecule has 1 aliphatic carbocycles. The molecule has 104 valence electrons. The highest BCUT2D eigenvalue weighted by molar-refractivity contribution is 5.58. The van der Waals surface area contributed by atoms with E-state index in [1.54, 1.807) is 6.92 Å². The number of benzene rings is 1. The van der Waals surface area contributed by atoms with Crippen LogP contribution >= 0.6 is 0 Å². The highest BCUT2D eigenvalue weighted by Crippen LogP contribution is 2.25. The molecule has 0 saturated heterocycles. The Balaban J connectivity index is 1.92. The molecule has 0 atom stereocenters. The zero-order chi connectivity index (χ0) is 14.1. The molecule has 0 unspecified atom stereocenters. The Morgan fingerprint density at radius 1 is 1.20 bits per heavy atom. The lowest BCUT2D eigenvalue weighted by molar-refractivity contribution is 0.674. The molecular formula is C15H17N3O2. The molecule has 20 heavy (non-hydrogen) atoms. The van der Waals surface area contributed by atoms with Gasteiger partial charge >= 0.3 is 5.69 Å². The largest absolute Gasteiger partial charge is 0.342 e. The minimum atomic E-state index is -0.385. The second-order valence-electron chi connectivity index (χ2n) is 5.03. The average molecular weight is 271 g/mol. The highest BCUT2D eigenvalue weighted by Gasteiger charge is 2.11. The van der Waals surface area contributed by atoms with E-state index in [1.165, 1.54) is 23.6 Å². The van der Waals surface area contributed by atoms with Gasteiger partial charge in [-0.25, -0.2) is 4.79 Å². The van der Waals surface area contributed by atoms with E-state index in [1.807, 2.05) is 6.07 Å². The number of hydrogen-bond donors (Lipinski definition) is 2. The van der Waals surface area contributed by atoms with Crippen LogP contribution in [0.1, 0.15) is 24.5 Å².